The molecular formula is C12H12ClF3N4S2. The van der Waals surface area contributed by atoms with E-state index in [0.29, 0.717) is 21.8 Å². The van der Waals surface area contributed by atoms with Gasteiger partial charge in [0, 0.05) is 17.3 Å². The first-order valence-electron chi connectivity index (χ1n) is 6.09. The number of hydrogen-bond donors (Lipinski definition) is 2. The molecule has 0 amide bonds. The second kappa shape index (κ2) is 7.30. The summed E-state index contributed by atoms with van der Waals surface area (Å²) >= 11 is 8.24. The van der Waals surface area contributed by atoms with E-state index in [1.165, 1.54) is 11.3 Å². The first-order valence-corrected chi connectivity index (χ1v) is 8.16. The second-order valence-corrected chi connectivity index (χ2v) is 6.85. The highest BCUT2D eigenvalue weighted by Gasteiger charge is 2.33. The fourth-order valence-corrected chi connectivity index (χ4v) is 3.29. The van der Waals surface area contributed by atoms with Gasteiger partial charge in [-0.05, 0) is 12.1 Å². The van der Waals surface area contributed by atoms with E-state index in [1.807, 2.05) is 6.07 Å². The molecule has 0 saturated heterocycles. The zero-order chi connectivity index (χ0) is 16.2. The van der Waals surface area contributed by atoms with Crippen molar-refractivity contribution in [1.82, 2.24) is 15.6 Å². The van der Waals surface area contributed by atoms with Crippen LogP contribution in [-0.2, 0) is 19.3 Å². The standard InChI is InChI=1S/C12H12ClF3N4S2/c1-17-11(18-4-7-2-3-9(13)22-7)19-5-10-20-8(6-21-10)12(14,15)16/h2-3,6H,4-5H2,1H3,(H2,17,18,19). The van der Waals surface area contributed by atoms with Crippen LogP contribution < -0.4 is 10.6 Å². The Labute approximate surface area is 138 Å². The Morgan fingerprint density at radius 1 is 1.32 bits per heavy atom. The van der Waals surface area contributed by atoms with Crippen molar-refractivity contribution in [2.24, 2.45) is 4.99 Å². The van der Waals surface area contributed by atoms with Crippen LogP contribution in [0.5, 0.6) is 0 Å². The Bertz CT molecular complexity index is 651. The normalized spacial score (nSPS) is 12.5. The average Bonchev–Trinajstić information content (AvgIpc) is 3.07. The third-order valence-corrected chi connectivity index (χ3v) is 4.61. The molecule has 0 fully saturated rings. The van der Waals surface area contributed by atoms with Crippen molar-refractivity contribution in [3.05, 3.63) is 37.4 Å². The number of halogens is 4. The molecule has 0 atom stereocenters. The van der Waals surface area contributed by atoms with Gasteiger partial charge in [0.05, 0.1) is 17.4 Å². The van der Waals surface area contributed by atoms with Crippen LogP contribution in [-0.4, -0.2) is 18.0 Å². The molecule has 0 aliphatic carbocycles. The van der Waals surface area contributed by atoms with Gasteiger partial charge in [-0.1, -0.05) is 11.6 Å². The van der Waals surface area contributed by atoms with Crippen LogP contribution in [0.4, 0.5) is 13.2 Å². The predicted octanol–water partition coefficient (Wildman–Crippen LogP) is 3.74. The Morgan fingerprint density at radius 3 is 2.59 bits per heavy atom. The summed E-state index contributed by atoms with van der Waals surface area (Å²) in [6, 6.07) is 3.69. The maximum atomic E-state index is 12.5. The van der Waals surface area contributed by atoms with Gasteiger partial charge in [-0.2, -0.15) is 13.2 Å². The predicted molar refractivity (Wildman–Crippen MR) is 83.5 cm³/mol. The summed E-state index contributed by atoms with van der Waals surface area (Å²) in [5.74, 6) is 0.480. The molecule has 0 spiro atoms. The number of nitrogens with zero attached hydrogens (tertiary/aromatic N) is 2. The number of rotatable bonds is 4. The molecule has 0 aliphatic rings. The molecule has 2 aromatic rings. The zero-order valence-corrected chi connectivity index (χ0v) is 13.8. The lowest BCUT2D eigenvalue weighted by molar-refractivity contribution is -0.140. The van der Waals surface area contributed by atoms with Gasteiger partial charge in [0.15, 0.2) is 11.7 Å². The van der Waals surface area contributed by atoms with Crippen LogP contribution in [0.2, 0.25) is 4.34 Å². The molecule has 2 N–H and O–H groups in total. The molecule has 10 heteroatoms. The largest absolute Gasteiger partial charge is 0.434 e. The molecule has 0 unspecified atom stereocenters. The van der Waals surface area contributed by atoms with E-state index in [1.54, 1.807) is 13.1 Å². The summed E-state index contributed by atoms with van der Waals surface area (Å²) < 4.78 is 38.1. The number of nitrogens with one attached hydrogen (secondary N) is 2. The summed E-state index contributed by atoms with van der Waals surface area (Å²) in [7, 11) is 1.58. The van der Waals surface area contributed by atoms with Crippen LogP contribution >= 0.6 is 34.3 Å². The monoisotopic (exact) mass is 368 g/mol. The minimum atomic E-state index is -4.41. The van der Waals surface area contributed by atoms with Gasteiger partial charge in [0.25, 0.3) is 0 Å². The molecule has 2 aromatic heterocycles. The fourth-order valence-electron chi connectivity index (χ4n) is 1.52. The van der Waals surface area contributed by atoms with Crippen LogP contribution in [0.3, 0.4) is 0 Å². The van der Waals surface area contributed by atoms with E-state index < -0.39 is 11.9 Å². The number of aliphatic imine (C=N–C) groups is 1. The van der Waals surface area contributed by atoms with E-state index in [9.17, 15) is 13.2 Å². The van der Waals surface area contributed by atoms with Gasteiger partial charge in [0.2, 0.25) is 0 Å². The maximum Gasteiger partial charge on any atom is 0.434 e. The Kier molecular flexibility index (Phi) is 5.65. The van der Waals surface area contributed by atoms with E-state index in [2.05, 4.69) is 20.6 Å². The van der Waals surface area contributed by atoms with Gasteiger partial charge in [-0.3, -0.25) is 4.99 Å². The topological polar surface area (TPSA) is 49.3 Å². The van der Waals surface area contributed by atoms with Crippen molar-refractivity contribution in [2.75, 3.05) is 7.05 Å². The molecule has 22 heavy (non-hydrogen) atoms. The molecular weight excluding hydrogens is 357 g/mol. The zero-order valence-electron chi connectivity index (χ0n) is 11.4. The van der Waals surface area contributed by atoms with Gasteiger partial charge < -0.3 is 10.6 Å². The van der Waals surface area contributed by atoms with Crippen molar-refractivity contribution < 1.29 is 13.2 Å². The molecule has 0 saturated carbocycles. The molecule has 0 aliphatic heterocycles. The van der Waals surface area contributed by atoms with Crippen LogP contribution in [0.25, 0.3) is 0 Å². The minimum absolute atomic E-state index is 0.172. The number of thiazole rings is 1. The lowest BCUT2D eigenvalue weighted by atomic mass is 10.4. The minimum Gasteiger partial charge on any atom is -0.352 e. The van der Waals surface area contributed by atoms with Gasteiger partial charge in [0.1, 0.15) is 5.01 Å². The number of aromatic nitrogens is 1. The molecule has 0 radical (unpaired) electrons. The quantitative estimate of drug-likeness (QED) is 0.638. The van der Waals surface area contributed by atoms with E-state index in [0.717, 1.165) is 21.6 Å². The van der Waals surface area contributed by atoms with E-state index in [4.69, 9.17) is 11.6 Å². The number of guanidine groups is 1. The Balaban J connectivity index is 1.85. The second-order valence-electron chi connectivity index (χ2n) is 4.11. The number of alkyl halides is 3. The summed E-state index contributed by atoms with van der Waals surface area (Å²) in [6.45, 7) is 0.703. The van der Waals surface area contributed by atoms with Crippen molar-refractivity contribution in [3.63, 3.8) is 0 Å². The lowest BCUT2D eigenvalue weighted by Gasteiger charge is -2.09. The smallest absolute Gasteiger partial charge is 0.352 e. The highest BCUT2D eigenvalue weighted by Crippen LogP contribution is 2.29. The van der Waals surface area contributed by atoms with E-state index in [-0.39, 0.29) is 6.54 Å². The highest BCUT2D eigenvalue weighted by atomic mass is 35.5. The average molecular weight is 369 g/mol. The summed E-state index contributed by atoms with van der Waals surface area (Å²) in [5, 5.41) is 7.31. The third-order valence-electron chi connectivity index (χ3n) is 2.53. The maximum absolute atomic E-state index is 12.5. The highest BCUT2D eigenvalue weighted by molar-refractivity contribution is 7.16. The van der Waals surface area contributed by atoms with Crippen LogP contribution in [0.15, 0.2) is 22.5 Å². The third kappa shape index (κ3) is 4.85. The van der Waals surface area contributed by atoms with Gasteiger partial charge >= 0.3 is 6.18 Å². The molecule has 2 heterocycles. The summed E-state index contributed by atoms with van der Waals surface area (Å²) in [6.07, 6.45) is -4.41. The molecule has 0 bridgehead atoms. The Morgan fingerprint density at radius 2 is 2.05 bits per heavy atom. The first-order chi connectivity index (χ1) is 10.4. The first kappa shape index (κ1) is 17.0. The summed E-state index contributed by atoms with van der Waals surface area (Å²) in [5.41, 5.74) is -0.870. The van der Waals surface area contributed by atoms with Crippen LogP contribution in [0.1, 0.15) is 15.6 Å². The fraction of sp³-hybridized carbons (Fsp3) is 0.333. The van der Waals surface area contributed by atoms with E-state index >= 15 is 0 Å². The van der Waals surface area contributed by atoms with Crippen molar-refractivity contribution >= 4 is 40.2 Å². The molecule has 4 nitrogen and oxygen atoms in total. The lowest BCUT2D eigenvalue weighted by Crippen LogP contribution is -2.36. The molecule has 120 valence electrons. The van der Waals surface area contributed by atoms with Crippen molar-refractivity contribution in [1.29, 1.82) is 0 Å². The van der Waals surface area contributed by atoms with Gasteiger partial charge in [-0.25, -0.2) is 4.98 Å². The van der Waals surface area contributed by atoms with Crippen molar-refractivity contribution in [2.45, 2.75) is 19.3 Å². The SMILES string of the molecule is CN=C(NCc1ccc(Cl)s1)NCc1nc(C(F)(F)F)cs1. The number of thiophene rings is 1. The number of hydrogen-bond acceptors (Lipinski definition) is 4. The van der Waals surface area contributed by atoms with Crippen LogP contribution in [0, 0.1) is 0 Å². The van der Waals surface area contributed by atoms with Gasteiger partial charge in [-0.15, -0.1) is 22.7 Å². The van der Waals surface area contributed by atoms with Crippen molar-refractivity contribution in [3.8, 4) is 0 Å². The molecule has 0 aromatic carbocycles. The molecule has 2 rings (SSSR count). The summed E-state index contributed by atoms with van der Waals surface area (Å²) in [4.78, 5) is 8.57. The Hall–Kier alpha value is -1.32.